The summed E-state index contributed by atoms with van der Waals surface area (Å²) in [4.78, 5) is 63.4. The largest absolute Gasteiger partial charge is 0.368 e. The number of benzene rings is 2. The van der Waals surface area contributed by atoms with Gasteiger partial charge in [0.1, 0.15) is 0 Å². The highest BCUT2D eigenvalue weighted by Crippen LogP contribution is 2.26. The fourth-order valence-electron chi connectivity index (χ4n) is 7.01. The first-order valence-electron chi connectivity index (χ1n) is 18.6. The van der Waals surface area contributed by atoms with Crippen molar-refractivity contribution in [2.75, 3.05) is 74.6 Å². The first kappa shape index (κ1) is 47.4. The molecule has 0 radical (unpaired) electrons. The van der Waals surface area contributed by atoms with Gasteiger partial charge in [0.05, 0.1) is 34.1 Å². The smallest absolute Gasteiger partial charge is 0.332 e. The summed E-state index contributed by atoms with van der Waals surface area (Å²) in [7, 11) is 6.16. The summed E-state index contributed by atoms with van der Waals surface area (Å²) in [5, 5.41) is 4.95. The molecule has 2 saturated heterocycles. The monoisotopic (exact) mass is 912 g/mol. The second-order valence-electron chi connectivity index (χ2n) is 13.8. The zero-order valence-corrected chi connectivity index (χ0v) is 37.2. The van der Waals surface area contributed by atoms with Crippen LogP contribution >= 0.6 is 59.6 Å². The maximum absolute atomic E-state index is 12.5. The van der Waals surface area contributed by atoms with E-state index in [0.717, 1.165) is 89.5 Å². The van der Waals surface area contributed by atoms with E-state index in [0.29, 0.717) is 41.3 Å². The molecule has 320 valence electrons. The van der Waals surface area contributed by atoms with Crippen molar-refractivity contribution in [1.82, 2.24) is 47.6 Å². The van der Waals surface area contributed by atoms with Crippen LogP contribution in [0.5, 0.6) is 0 Å². The number of aromatic nitrogens is 8. The van der Waals surface area contributed by atoms with E-state index in [4.69, 9.17) is 34.8 Å². The van der Waals surface area contributed by atoms with Crippen LogP contribution in [0.25, 0.3) is 22.3 Å². The number of hydrogen-bond donors (Lipinski definition) is 1. The summed E-state index contributed by atoms with van der Waals surface area (Å²) in [6.07, 6.45) is 3.17. The fourth-order valence-corrected chi connectivity index (χ4v) is 7.70. The number of para-hydroxylation sites is 2. The van der Waals surface area contributed by atoms with Gasteiger partial charge in [0.15, 0.2) is 22.3 Å². The zero-order valence-electron chi connectivity index (χ0n) is 33.3. The number of halogens is 5. The molecular formula is C38H49Cl5N12O4. The van der Waals surface area contributed by atoms with Crippen molar-refractivity contribution < 1.29 is 0 Å². The molecule has 0 unspecified atom stereocenters. The Morgan fingerprint density at radius 1 is 0.576 bits per heavy atom. The molecule has 0 aliphatic carbocycles. The lowest BCUT2D eigenvalue weighted by molar-refractivity contribution is 0.249. The summed E-state index contributed by atoms with van der Waals surface area (Å²) >= 11 is 18.0. The van der Waals surface area contributed by atoms with Crippen LogP contribution in [-0.2, 0) is 41.3 Å². The maximum atomic E-state index is 12.5. The highest BCUT2D eigenvalue weighted by molar-refractivity contribution is 6.33. The first-order valence-corrected chi connectivity index (χ1v) is 19.9. The van der Waals surface area contributed by atoms with Gasteiger partial charge in [-0.2, -0.15) is 0 Å². The van der Waals surface area contributed by atoms with Crippen molar-refractivity contribution in [3.63, 3.8) is 0 Å². The third-order valence-electron chi connectivity index (χ3n) is 10.3. The highest BCUT2D eigenvalue weighted by Gasteiger charge is 2.20. The van der Waals surface area contributed by atoms with E-state index in [1.807, 2.05) is 41.0 Å². The third-order valence-corrected chi connectivity index (χ3v) is 11.1. The quantitative estimate of drug-likeness (QED) is 0.237. The normalized spacial score (nSPS) is 14.2. The number of nitrogens with zero attached hydrogens (tertiary/aromatic N) is 11. The number of hydrogen-bond acceptors (Lipinski definition) is 10. The van der Waals surface area contributed by atoms with Crippen LogP contribution in [0.3, 0.4) is 0 Å². The summed E-state index contributed by atoms with van der Waals surface area (Å²) in [6.45, 7) is 9.80. The summed E-state index contributed by atoms with van der Waals surface area (Å²) < 4.78 is 8.45. The highest BCUT2D eigenvalue weighted by atomic mass is 35.5. The molecule has 0 atom stereocenters. The van der Waals surface area contributed by atoms with Gasteiger partial charge in [-0.1, -0.05) is 47.5 Å². The number of anilines is 2. The average Bonchev–Trinajstić information content (AvgIpc) is 3.86. The standard InChI is InChI=1S/C19H23ClN6O2.C10H13ClN2.C9H11ClN4O2.2ClH/c1-22-17-16(18(27)23(2)19(22)28)26(13-21-17)12-9-24-7-10-25(11-8-24)15-6-4-3-5-14(15)20;11-9-3-1-2-4-10(9)13-7-5-12-6-8-13;1-12-7-6(8(15)13(2)9(12)16)14(4-3-10)5-11-7;;/h3-6,13H,7-12H2,1-2H3;1-4,12H,5-8H2;5H,3-4H2,1-2H3;2*1H. The Bertz CT molecular complexity index is 2580. The van der Waals surface area contributed by atoms with Gasteiger partial charge in [0, 0.05) is 106 Å². The number of aryl methyl sites for hydroxylation is 3. The molecular weight excluding hydrogens is 866 g/mol. The van der Waals surface area contributed by atoms with Crippen molar-refractivity contribution in [1.29, 1.82) is 0 Å². The van der Waals surface area contributed by atoms with Gasteiger partial charge in [0.2, 0.25) is 0 Å². The van der Waals surface area contributed by atoms with E-state index in [-0.39, 0.29) is 47.3 Å². The van der Waals surface area contributed by atoms with Crippen LogP contribution < -0.4 is 37.6 Å². The van der Waals surface area contributed by atoms with Crippen molar-refractivity contribution >= 4 is 93.3 Å². The Morgan fingerprint density at radius 2 is 1.00 bits per heavy atom. The number of piperazine rings is 2. The Hall–Kier alpha value is -4.29. The maximum Gasteiger partial charge on any atom is 0.332 e. The van der Waals surface area contributed by atoms with E-state index in [1.165, 1.54) is 29.6 Å². The molecule has 2 aliphatic rings. The number of rotatable bonds is 7. The van der Waals surface area contributed by atoms with Crippen LogP contribution in [0.2, 0.25) is 10.0 Å². The molecule has 0 amide bonds. The molecule has 8 rings (SSSR count). The van der Waals surface area contributed by atoms with Gasteiger partial charge in [-0.3, -0.25) is 32.8 Å². The van der Waals surface area contributed by atoms with Crippen LogP contribution in [0.1, 0.15) is 0 Å². The Kier molecular flexibility index (Phi) is 17.1. The van der Waals surface area contributed by atoms with Crippen molar-refractivity contribution in [3.05, 3.63) is 113 Å². The molecule has 0 saturated carbocycles. The number of nitrogens with one attached hydrogen (secondary N) is 1. The first-order chi connectivity index (χ1) is 27.4. The number of imidazole rings is 2. The van der Waals surface area contributed by atoms with Crippen LogP contribution in [0.4, 0.5) is 11.4 Å². The Morgan fingerprint density at radius 3 is 1.44 bits per heavy atom. The molecule has 4 aromatic heterocycles. The summed E-state index contributed by atoms with van der Waals surface area (Å²) in [5.74, 6) is 0.386. The third kappa shape index (κ3) is 10.4. The zero-order chi connectivity index (χ0) is 40.8. The predicted octanol–water partition coefficient (Wildman–Crippen LogP) is 3.18. The number of alkyl halides is 1. The minimum absolute atomic E-state index is 0. The molecule has 0 bridgehead atoms. The van der Waals surface area contributed by atoms with Crippen LogP contribution in [-0.4, -0.2) is 107 Å². The molecule has 16 nitrogen and oxygen atoms in total. The van der Waals surface area contributed by atoms with E-state index < -0.39 is 0 Å². The second-order valence-corrected chi connectivity index (χ2v) is 15.0. The Balaban J connectivity index is 0.000000211. The Labute approximate surface area is 367 Å². The molecule has 6 aromatic rings. The fraction of sp³-hybridized carbons (Fsp3) is 0.421. The molecule has 6 heterocycles. The van der Waals surface area contributed by atoms with E-state index in [1.54, 1.807) is 25.0 Å². The molecule has 1 N–H and O–H groups in total. The van der Waals surface area contributed by atoms with Gasteiger partial charge in [-0.05, 0) is 24.3 Å². The van der Waals surface area contributed by atoms with E-state index in [2.05, 4.69) is 42.1 Å². The summed E-state index contributed by atoms with van der Waals surface area (Å²) in [5.41, 5.74) is 2.53. The molecule has 2 fully saturated rings. The van der Waals surface area contributed by atoms with Gasteiger partial charge in [0.25, 0.3) is 11.1 Å². The predicted molar refractivity (Wildman–Crippen MR) is 242 cm³/mol. The second kappa shape index (κ2) is 21.3. The minimum Gasteiger partial charge on any atom is -0.368 e. The SMILES string of the molecule is Cl.Cl.Clc1ccccc1N1CCNCC1.Cn1c(=O)c2c(ncn2CCCl)n(C)c1=O.Cn1c(=O)c2c(ncn2CCN2CCN(c3ccccc3Cl)CC2)n(C)c1=O. The minimum atomic E-state index is -0.381. The van der Waals surface area contributed by atoms with Gasteiger partial charge in [-0.15, -0.1) is 36.4 Å². The molecule has 21 heteroatoms. The average molecular weight is 915 g/mol. The topological polar surface area (TPSA) is 145 Å². The van der Waals surface area contributed by atoms with Crippen molar-refractivity contribution in [2.45, 2.75) is 13.1 Å². The van der Waals surface area contributed by atoms with E-state index in [9.17, 15) is 19.2 Å². The van der Waals surface area contributed by atoms with Gasteiger partial charge >= 0.3 is 11.4 Å². The lowest BCUT2D eigenvalue weighted by atomic mass is 10.2. The van der Waals surface area contributed by atoms with Crippen LogP contribution in [0, 0.1) is 0 Å². The molecule has 0 spiro atoms. The van der Waals surface area contributed by atoms with E-state index >= 15 is 0 Å². The number of fused-ring (bicyclic) bond motifs is 2. The molecule has 2 aliphatic heterocycles. The van der Waals surface area contributed by atoms with Crippen molar-refractivity contribution in [3.8, 4) is 0 Å². The van der Waals surface area contributed by atoms with Crippen molar-refractivity contribution in [2.24, 2.45) is 28.2 Å². The lowest BCUT2D eigenvalue weighted by Gasteiger charge is -2.36. The van der Waals surface area contributed by atoms with Crippen LogP contribution in [0.15, 0.2) is 80.4 Å². The molecule has 2 aromatic carbocycles. The summed E-state index contributed by atoms with van der Waals surface area (Å²) in [6, 6.07) is 15.9. The lowest BCUT2D eigenvalue weighted by Crippen LogP contribution is -2.47. The van der Waals surface area contributed by atoms with Gasteiger partial charge in [-0.25, -0.2) is 19.6 Å². The molecule has 59 heavy (non-hydrogen) atoms. The van der Waals surface area contributed by atoms with Gasteiger partial charge < -0.3 is 24.3 Å².